The topological polar surface area (TPSA) is 133 Å². The molecule has 2 unspecified atom stereocenters. The highest BCUT2D eigenvalue weighted by Gasteiger charge is 2.62. The maximum Gasteiger partial charge on any atom is 0.426 e. The Kier molecular flexibility index (Phi) is 7.98. The molecule has 0 bridgehead atoms. The predicted octanol–water partition coefficient (Wildman–Crippen LogP) is 5.12. The van der Waals surface area contributed by atoms with E-state index in [4.69, 9.17) is 4.74 Å². The van der Waals surface area contributed by atoms with Crippen molar-refractivity contribution in [2.45, 2.75) is 38.2 Å². The standard InChI is InChI=1S/C27H24F3NO7S/c28-27(29,30)22-19(16-4-2-1-3-5-16)12-18(39-22)14-38-17-8-6-15(7-9-17)13-31-20-10-11-26(24(34)35,25(36)37)21(20)23(32)33/h1-9,12,20-21,31H,10-11,13-14H2,(H,32,33)(H,34,35)(H,36,37). The molecule has 4 N–H and O–H groups in total. The molecule has 2 atom stereocenters. The molecule has 1 aliphatic rings. The summed E-state index contributed by atoms with van der Waals surface area (Å²) in [4.78, 5) is 34.9. The summed E-state index contributed by atoms with van der Waals surface area (Å²) in [6, 6.07) is 15.4. The minimum Gasteiger partial charge on any atom is -0.488 e. The molecule has 0 saturated heterocycles. The fraction of sp³-hybridized carbons (Fsp3) is 0.296. The van der Waals surface area contributed by atoms with Crippen LogP contribution in [0.4, 0.5) is 13.2 Å². The molecule has 3 aromatic rings. The largest absolute Gasteiger partial charge is 0.488 e. The molecule has 0 amide bonds. The van der Waals surface area contributed by atoms with E-state index in [1.807, 2.05) is 0 Å². The number of halogens is 3. The molecular formula is C27H24F3NO7S. The maximum atomic E-state index is 13.6. The van der Waals surface area contributed by atoms with Crippen molar-refractivity contribution in [3.63, 3.8) is 0 Å². The van der Waals surface area contributed by atoms with Gasteiger partial charge in [0.25, 0.3) is 0 Å². The Bertz CT molecular complexity index is 1340. The van der Waals surface area contributed by atoms with Gasteiger partial charge in [0.2, 0.25) is 0 Å². The minimum atomic E-state index is -4.50. The van der Waals surface area contributed by atoms with E-state index in [1.165, 1.54) is 6.07 Å². The Morgan fingerprint density at radius 3 is 2.21 bits per heavy atom. The second kappa shape index (κ2) is 11.1. The molecule has 206 valence electrons. The highest BCUT2D eigenvalue weighted by molar-refractivity contribution is 7.12. The second-order valence-electron chi connectivity index (χ2n) is 9.18. The fourth-order valence-electron chi connectivity index (χ4n) is 4.89. The van der Waals surface area contributed by atoms with E-state index in [-0.39, 0.29) is 31.6 Å². The molecule has 2 aromatic carbocycles. The van der Waals surface area contributed by atoms with E-state index < -0.39 is 46.3 Å². The van der Waals surface area contributed by atoms with Gasteiger partial charge in [-0.25, -0.2) is 0 Å². The van der Waals surface area contributed by atoms with Crippen molar-refractivity contribution in [3.05, 3.63) is 76.0 Å². The number of rotatable bonds is 10. The summed E-state index contributed by atoms with van der Waals surface area (Å²) < 4.78 is 46.5. The van der Waals surface area contributed by atoms with Gasteiger partial charge in [-0.15, -0.1) is 11.3 Å². The molecule has 1 fully saturated rings. The molecule has 4 rings (SSSR count). The molecular weight excluding hydrogens is 539 g/mol. The molecule has 8 nitrogen and oxygen atoms in total. The first-order valence-electron chi connectivity index (χ1n) is 11.8. The highest BCUT2D eigenvalue weighted by atomic mass is 32.1. The van der Waals surface area contributed by atoms with Gasteiger partial charge in [-0.1, -0.05) is 42.5 Å². The molecule has 0 radical (unpaired) electrons. The number of ether oxygens (including phenoxy) is 1. The summed E-state index contributed by atoms with van der Waals surface area (Å²) >= 11 is 0.621. The van der Waals surface area contributed by atoms with Crippen LogP contribution in [0, 0.1) is 11.3 Å². The Morgan fingerprint density at radius 2 is 1.64 bits per heavy atom. The van der Waals surface area contributed by atoms with E-state index in [9.17, 15) is 42.9 Å². The van der Waals surface area contributed by atoms with Crippen molar-refractivity contribution in [1.82, 2.24) is 5.32 Å². The summed E-state index contributed by atoms with van der Waals surface area (Å²) in [6.07, 6.45) is -4.76. The summed E-state index contributed by atoms with van der Waals surface area (Å²) in [5, 5.41) is 31.5. The Hall–Kier alpha value is -3.90. The normalized spacial score (nSPS) is 18.5. The van der Waals surface area contributed by atoms with Gasteiger partial charge in [-0.05, 0) is 42.2 Å². The quantitative estimate of drug-likeness (QED) is 0.250. The monoisotopic (exact) mass is 563 g/mol. The van der Waals surface area contributed by atoms with Gasteiger partial charge < -0.3 is 25.4 Å². The lowest BCUT2D eigenvalue weighted by atomic mass is 9.76. The van der Waals surface area contributed by atoms with Crippen molar-refractivity contribution in [1.29, 1.82) is 0 Å². The smallest absolute Gasteiger partial charge is 0.426 e. The number of carbonyl (C=O) groups is 3. The fourth-order valence-corrected chi connectivity index (χ4v) is 5.85. The van der Waals surface area contributed by atoms with Crippen LogP contribution in [0.25, 0.3) is 11.1 Å². The van der Waals surface area contributed by atoms with Gasteiger partial charge in [0.1, 0.15) is 17.2 Å². The average molecular weight is 564 g/mol. The zero-order valence-corrected chi connectivity index (χ0v) is 21.1. The number of carboxylic acid groups (broad SMARTS) is 3. The third-order valence-corrected chi connectivity index (χ3v) is 7.96. The van der Waals surface area contributed by atoms with E-state index in [0.29, 0.717) is 33.1 Å². The first kappa shape index (κ1) is 28.1. The van der Waals surface area contributed by atoms with Crippen molar-refractivity contribution < 1.29 is 47.6 Å². The molecule has 39 heavy (non-hydrogen) atoms. The third kappa shape index (κ3) is 5.76. The molecule has 1 saturated carbocycles. The summed E-state index contributed by atoms with van der Waals surface area (Å²) in [5.74, 6) is -6.11. The van der Waals surface area contributed by atoms with Crippen molar-refractivity contribution in [2.75, 3.05) is 0 Å². The van der Waals surface area contributed by atoms with Crippen LogP contribution >= 0.6 is 11.3 Å². The SMILES string of the molecule is O=C(O)C1C(NCc2ccc(OCc3cc(-c4ccccc4)c(C(F)(F)F)s3)cc2)CCC1(C(=O)O)C(=O)O. The van der Waals surface area contributed by atoms with Gasteiger partial charge in [0, 0.05) is 23.0 Å². The van der Waals surface area contributed by atoms with Gasteiger partial charge in [0.15, 0.2) is 5.41 Å². The van der Waals surface area contributed by atoms with Crippen LogP contribution in [0.1, 0.15) is 28.2 Å². The number of carboxylic acids is 3. The summed E-state index contributed by atoms with van der Waals surface area (Å²) in [5.41, 5.74) is -1.17. The third-order valence-electron chi connectivity index (χ3n) is 6.81. The number of thiophene rings is 1. The van der Waals surface area contributed by atoms with Crippen molar-refractivity contribution in [2.24, 2.45) is 11.3 Å². The number of benzene rings is 2. The van der Waals surface area contributed by atoms with Crippen molar-refractivity contribution >= 4 is 29.2 Å². The lowest BCUT2D eigenvalue weighted by Crippen LogP contribution is -2.50. The number of aliphatic carboxylic acids is 3. The van der Waals surface area contributed by atoms with Gasteiger partial charge in [-0.3, -0.25) is 14.4 Å². The minimum absolute atomic E-state index is 0.0580. The van der Waals surface area contributed by atoms with E-state index in [0.717, 1.165) is 0 Å². The molecule has 0 spiro atoms. The van der Waals surface area contributed by atoms with Gasteiger partial charge >= 0.3 is 24.1 Å². The van der Waals surface area contributed by atoms with Gasteiger partial charge in [0.05, 0.1) is 5.92 Å². The van der Waals surface area contributed by atoms with Crippen LogP contribution in [0.3, 0.4) is 0 Å². The average Bonchev–Trinajstić information content (AvgIpc) is 3.50. The van der Waals surface area contributed by atoms with E-state index in [2.05, 4.69) is 5.32 Å². The second-order valence-corrected chi connectivity index (χ2v) is 10.3. The molecule has 1 aromatic heterocycles. The number of alkyl halides is 3. The zero-order chi connectivity index (χ0) is 28.4. The van der Waals surface area contributed by atoms with Crippen LogP contribution in [0.5, 0.6) is 5.75 Å². The lowest BCUT2D eigenvalue weighted by Gasteiger charge is -2.27. The van der Waals surface area contributed by atoms with E-state index in [1.54, 1.807) is 54.6 Å². The zero-order valence-electron chi connectivity index (χ0n) is 20.3. The number of hydrogen-bond acceptors (Lipinski definition) is 6. The molecule has 12 heteroatoms. The first-order chi connectivity index (χ1) is 18.4. The lowest BCUT2D eigenvalue weighted by molar-refractivity contribution is -0.174. The summed E-state index contributed by atoms with van der Waals surface area (Å²) in [7, 11) is 0. The Balaban J connectivity index is 1.40. The van der Waals surface area contributed by atoms with Crippen LogP contribution in [0.15, 0.2) is 60.7 Å². The Labute approximate surface area is 224 Å². The molecule has 0 aliphatic heterocycles. The number of nitrogens with one attached hydrogen (secondary N) is 1. The Morgan fingerprint density at radius 1 is 1.00 bits per heavy atom. The van der Waals surface area contributed by atoms with Crippen LogP contribution in [-0.4, -0.2) is 39.3 Å². The van der Waals surface area contributed by atoms with E-state index >= 15 is 0 Å². The van der Waals surface area contributed by atoms with Gasteiger partial charge in [-0.2, -0.15) is 13.2 Å². The molecule has 1 aliphatic carbocycles. The number of hydrogen-bond donors (Lipinski definition) is 4. The van der Waals surface area contributed by atoms with Crippen LogP contribution in [-0.2, 0) is 33.7 Å². The summed E-state index contributed by atoms with van der Waals surface area (Å²) in [6.45, 7) is 0.0668. The highest BCUT2D eigenvalue weighted by Crippen LogP contribution is 2.45. The molecule has 1 heterocycles. The predicted molar refractivity (Wildman–Crippen MR) is 134 cm³/mol. The van der Waals surface area contributed by atoms with Crippen molar-refractivity contribution in [3.8, 4) is 16.9 Å². The first-order valence-corrected chi connectivity index (χ1v) is 12.6. The maximum absolute atomic E-state index is 13.6. The van der Waals surface area contributed by atoms with Crippen LogP contribution < -0.4 is 10.1 Å². The van der Waals surface area contributed by atoms with Crippen LogP contribution in [0.2, 0.25) is 0 Å².